The molecule has 6 heteroatoms. The Morgan fingerprint density at radius 1 is 1.09 bits per heavy atom. The van der Waals surface area contributed by atoms with Gasteiger partial charge in [0.25, 0.3) is 10.2 Å². The summed E-state index contributed by atoms with van der Waals surface area (Å²) in [7, 11) is -3.55. The standard InChI is InChI=1S/C16H25N3O2S/c1-12-6-7-13(2)16-14(12)4-3-5-15(16)18-8-10-19(11-9-18)22(17,20)21/h6-7,15H,3-5,8-11H2,1-2H3,(H2,17,20,21)/t15-/m1/s1. The highest BCUT2D eigenvalue weighted by atomic mass is 32.2. The first kappa shape index (κ1) is 15.9. The van der Waals surface area contributed by atoms with E-state index in [-0.39, 0.29) is 0 Å². The van der Waals surface area contributed by atoms with Gasteiger partial charge >= 0.3 is 0 Å². The molecule has 1 saturated heterocycles. The summed E-state index contributed by atoms with van der Waals surface area (Å²) >= 11 is 0. The van der Waals surface area contributed by atoms with Crippen LogP contribution in [0.1, 0.15) is 41.1 Å². The fourth-order valence-corrected chi connectivity index (χ4v) is 4.61. The molecule has 22 heavy (non-hydrogen) atoms. The van der Waals surface area contributed by atoms with Crippen molar-refractivity contribution in [3.05, 3.63) is 34.4 Å². The Morgan fingerprint density at radius 2 is 1.73 bits per heavy atom. The summed E-state index contributed by atoms with van der Waals surface area (Å²) in [4.78, 5) is 2.44. The number of nitrogens with two attached hydrogens (primary N) is 1. The van der Waals surface area contributed by atoms with Crippen molar-refractivity contribution in [1.29, 1.82) is 0 Å². The number of piperazine rings is 1. The Bertz CT molecular complexity index is 664. The summed E-state index contributed by atoms with van der Waals surface area (Å²) in [5.74, 6) is 0. The van der Waals surface area contributed by atoms with Crippen molar-refractivity contribution < 1.29 is 8.42 Å². The molecule has 0 bridgehead atoms. The number of rotatable bonds is 2. The molecule has 3 rings (SSSR count). The summed E-state index contributed by atoms with van der Waals surface area (Å²) < 4.78 is 24.3. The monoisotopic (exact) mass is 323 g/mol. The van der Waals surface area contributed by atoms with Gasteiger partial charge in [-0.2, -0.15) is 12.7 Å². The SMILES string of the molecule is Cc1ccc(C)c2c1CCC[C@H]2N1CCN(S(N)(=O)=O)CC1. The fraction of sp³-hybridized carbons (Fsp3) is 0.625. The van der Waals surface area contributed by atoms with Gasteiger partial charge in [0.1, 0.15) is 0 Å². The van der Waals surface area contributed by atoms with Crippen molar-refractivity contribution in [2.45, 2.75) is 39.2 Å². The third-order valence-electron chi connectivity index (χ3n) is 5.12. The molecule has 1 aliphatic heterocycles. The summed E-state index contributed by atoms with van der Waals surface area (Å²) in [6, 6.07) is 4.86. The van der Waals surface area contributed by atoms with Crippen molar-refractivity contribution in [2.24, 2.45) is 5.14 Å². The zero-order valence-electron chi connectivity index (χ0n) is 13.4. The minimum absolute atomic E-state index is 0.422. The van der Waals surface area contributed by atoms with E-state index in [9.17, 15) is 8.42 Å². The molecule has 5 nitrogen and oxygen atoms in total. The Labute approximate surface area is 133 Å². The lowest BCUT2D eigenvalue weighted by atomic mass is 9.81. The molecule has 0 unspecified atom stereocenters. The third-order valence-corrected chi connectivity index (χ3v) is 6.21. The molecule has 2 aliphatic rings. The van der Waals surface area contributed by atoms with E-state index in [0.29, 0.717) is 19.1 Å². The van der Waals surface area contributed by atoms with Gasteiger partial charge in [-0.3, -0.25) is 4.90 Å². The largest absolute Gasteiger partial charge is 0.294 e. The Hall–Kier alpha value is -0.950. The first-order valence-electron chi connectivity index (χ1n) is 7.99. The minimum Gasteiger partial charge on any atom is -0.294 e. The van der Waals surface area contributed by atoms with E-state index in [1.165, 1.54) is 33.0 Å². The highest BCUT2D eigenvalue weighted by molar-refractivity contribution is 7.86. The maximum atomic E-state index is 11.5. The molecule has 0 radical (unpaired) electrons. The number of aryl methyl sites for hydroxylation is 2. The Balaban J connectivity index is 1.83. The maximum absolute atomic E-state index is 11.5. The van der Waals surface area contributed by atoms with Crippen LogP contribution in [0.2, 0.25) is 0 Å². The summed E-state index contributed by atoms with van der Waals surface area (Å²) in [6.07, 6.45) is 3.53. The van der Waals surface area contributed by atoms with Crippen LogP contribution in [0.25, 0.3) is 0 Å². The topological polar surface area (TPSA) is 66.6 Å². The summed E-state index contributed by atoms with van der Waals surface area (Å²) in [5, 5.41) is 5.23. The summed E-state index contributed by atoms with van der Waals surface area (Å²) in [6.45, 7) is 6.89. The normalized spacial score (nSPS) is 24.2. The molecule has 1 aliphatic carbocycles. The molecule has 0 saturated carbocycles. The van der Waals surface area contributed by atoms with Crippen molar-refractivity contribution in [3.63, 3.8) is 0 Å². The van der Waals surface area contributed by atoms with Gasteiger partial charge in [-0.15, -0.1) is 0 Å². The van der Waals surface area contributed by atoms with E-state index in [4.69, 9.17) is 5.14 Å². The molecule has 1 atom stereocenters. The van der Waals surface area contributed by atoms with Crippen molar-refractivity contribution in [3.8, 4) is 0 Å². The highest BCUT2D eigenvalue weighted by Gasteiger charge is 2.32. The lowest BCUT2D eigenvalue weighted by Crippen LogP contribution is -2.51. The second-order valence-electron chi connectivity index (χ2n) is 6.48. The van der Waals surface area contributed by atoms with E-state index >= 15 is 0 Å². The second-order valence-corrected chi connectivity index (χ2v) is 8.03. The molecule has 1 fully saturated rings. The first-order chi connectivity index (χ1) is 10.4. The number of fused-ring (bicyclic) bond motifs is 1. The molecule has 2 N–H and O–H groups in total. The van der Waals surface area contributed by atoms with Crippen LogP contribution in [0.4, 0.5) is 0 Å². The van der Waals surface area contributed by atoms with Gasteiger partial charge in [0.2, 0.25) is 0 Å². The van der Waals surface area contributed by atoms with E-state index < -0.39 is 10.2 Å². The molecule has 0 amide bonds. The quantitative estimate of drug-likeness (QED) is 0.897. The molecular weight excluding hydrogens is 298 g/mol. The van der Waals surface area contributed by atoms with Crippen LogP contribution in [-0.4, -0.2) is 43.8 Å². The summed E-state index contributed by atoms with van der Waals surface area (Å²) in [5.41, 5.74) is 5.73. The number of hydrogen-bond donors (Lipinski definition) is 1. The van der Waals surface area contributed by atoms with Gasteiger partial charge < -0.3 is 0 Å². The minimum atomic E-state index is -3.55. The van der Waals surface area contributed by atoms with E-state index in [1.807, 2.05) is 0 Å². The third kappa shape index (κ3) is 2.93. The van der Waals surface area contributed by atoms with Gasteiger partial charge in [0, 0.05) is 32.2 Å². The molecule has 122 valence electrons. The smallest absolute Gasteiger partial charge is 0.276 e. The zero-order valence-corrected chi connectivity index (χ0v) is 14.2. The molecule has 0 spiro atoms. The van der Waals surface area contributed by atoms with Crippen LogP contribution in [0.3, 0.4) is 0 Å². The maximum Gasteiger partial charge on any atom is 0.276 e. The van der Waals surface area contributed by atoms with Gasteiger partial charge in [-0.25, -0.2) is 5.14 Å². The zero-order chi connectivity index (χ0) is 15.9. The van der Waals surface area contributed by atoms with E-state index in [2.05, 4.69) is 30.9 Å². The van der Waals surface area contributed by atoms with Crippen LogP contribution in [-0.2, 0) is 16.6 Å². The second kappa shape index (κ2) is 5.92. The Morgan fingerprint density at radius 3 is 2.36 bits per heavy atom. The number of nitrogens with zero attached hydrogens (tertiary/aromatic N) is 2. The van der Waals surface area contributed by atoms with Gasteiger partial charge in [-0.1, -0.05) is 12.1 Å². The van der Waals surface area contributed by atoms with E-state index in [0.717, 1.165) is 25.9 Å². The molecule has 0 aromatic heterocycles. The van der Waals surface area contributed by atoms with Gasteiger partial charge in [0.15, 0.2) is 0 Å². The number of benzene rings is 1. The lowest BCUT2D eigenvalue weighted by Gasteiger charge is -2.41. The van der Waals surface area contributed by atoms with Crippen molar-refractivity contribution >= 4 is 10.2 Å². The van der Waals surface area contributed by atoms with Crippen LogP contribution in [0.5, 0.6) is 0 Å². The highest BCUT2D eigenvalue weighted by Crippen LogP contribution is 2.38. The van der Waals surface area contributed by atoms with Crippen LogP contribution in [0, 0.1) is 13.8 Å². The predicted octanol–water partition coefficient (Wildman–Crippen LogP) is 1.50. The lowest BCUT2D eigenvalue weighted by molar-refractivity contribution is 0.124. The average molecular weight is 323 g/mol. The predicted molar refractivity (Wildman–Crippen MR) is 87.8 cm³/mol. The molecule has 1 aromatic rings. The number of hydrogen-bond acceptors (Lipinski definition) is 3. The van der Waals surface area contributed by atoms with Crippen LogP contribution >= 0.6 is 0 Å². The molecule has 1 aromatic carbocycles. The van der Waals surface area contributed by atoms with Crippen molar-refractivity contribution in [1.82, 2.24) is 9.21 Å². The average Bonchev–Trinajstić information content (AvgIpc) is 2.50. The Kier molecular flexibility index (Phi) is 4.29. The molecular formula is C16H25N3O2S. The first-order valence-corrected chi connectivity index (χ1v) is 9.49. The van der Waals surface area contributed by atoms with Gasteiger partial charge in [-0.05, 0) is 55.4 Å². The van der Waals surface area contributed by atoms with Gasteiger partial charge in [0.05, 0.1) is 0 Å². The van der Waals surface area contributed by atoms with E-state index in [1.54, 1.807) is 0 Å². The van der Waals surface area contributed by atoms with Crippen molar-refractivity contribution in [2.75, 3.05) is 26.2 Å². The van der Waals surface area contributed by atoms with Crippen LogP contribution in [0.15, 0.2) is 12.1 Å². The van der Waals surface area contributed by atoms with Crippen LogP contribution < -0.4 is 5.14 Å². The fourth-order valence-electron chi connectivity index (χ4n) is 3.94. The molecule has 1 heterocycles.